The van der Waals surface area contributed by atoms with Crippen molar-refractivity contribution in [3.8, 4) is 0 Å². The number of hydrogen-bond donors (Lipinski definition) is 0. The van der Waals surface area contributed by atoms with Crippen LogP contribution >= 0.6 is 11.8 Å². The van der Waals surface area contributed by atoms with Crippen LogP contribution in [-0.2, 0) is 12.3 Å². The molecule has 0 bridgehead atoms. The summed E-state index contributed by atoms with van der Waals surface area (Å²) in [6, 6.07) is 21.5. The van der Waals surface area contributed by atoms with E-state index >= 15 is 0 Å². The van der Waals surface area contributed by atoms with Crippen LogP contribution in [-0.4, -0.2) is 23.9 Å². The fraction of sp³-hybridized carbons (Fsp3) is 0.130. The first-order valence-corrected chi connectivity index (χ1v) is 10.6. The third kappa shape index (κ3) is 3.48. The molecular weight excluding hydrogens is 394 g/mol. The number of aryl methyl sites for hydroxylation is 1. The molecule has 0 N–H and O–H groups in total. The molecule has 0 aliphatic carbocycles. The lowest BCUT2D eigenvalue weighted by Gasteiger charge is -2.15. The minimum atomic E-state index is -0.0798. The Morgan fingerprint density at radius 3 is 2.60 bits per heavy atom. The van der Waals surface area contributed by atoms with E-state index in [4.69, 9.17) is 4.98 Å². The van der Waals surface area contributed by atoms with Gasteiger partial charge >= 0.3 is 0 Å². The maximum atomic E-state index is 13.0. The average molecular weight is 414 g/mol. The Morgan fingerprint density at radius 1 is 0.967 bits per heavy atom. The first-order valence-electron chi connectivity index (χ1n) is 9.65. The molecule has 0 radical (unpaired) electrons. The monoisotopic (exact) mass is 413 g/mol. The largest absolute Gasteiger partial charge is 0.310 e. The molecule has 0 aliphatic rings. The van der Waals surface area contributed by atoms with E-state index in [0.717, 1.165) is 28.0 Å². The van der Waals surface area contributed by atoms with Crippen LogP contribution in [0.5, 0.6) is 0 Å². The first kappa shape index (κ1) is 18.6. The smallest absolute Gasteiger partial charge is 0.259 e. The van der Waals surface area contributed by atoms with Crippen molar-refractivity contribution in [2.24, 2.45) is 0 Å². The minimum Gasteiger partial charge on any atom is -0.310 e. The van der Waals surface area contributed by atoms with E-state index in [9.17, 15) is 4.79 Å². The van der Waals surface area contributed by atoms with Crippen LogP contribution in [0.1, 0.15) is 17.0 Å². The van der Waals surface area contributed by atoms with Gasteiger partial charge in [0.05, 0.1) is 17.6 Å². The topological polar surface area (TPSA) is 65.1 Å². The van der Waals surface area contributed by atoms with E-state index in [2.05, 4.69) is 26.7 Å². The number of fused-ring (bicyclic) bond motifs is 3. The molecule has 0 spiro atoms. The van der Waals surface area contributed by atoms with Crippen molar-refractivity contribution in [2.45, 2.75) is 24.4 Å². The van der Waals surface area contributed by atoms with Crippen LogP contribution in [0.15, 0.2) is 82.9 Å². The number of para-hydroxylation sites is 2. The Balaban J connectivity index is 1.65. The number of nitrogens with zero attached hydrogens (tertiary/aromatic N) is 5. The highest BCUT2D eigenvalue weighted by molar-refractivity contribution is 7.98. The Hall–Kier alpha value is -3.45. The molecule has 2 aromatic carbocycles. The lowest BCUT2D eigenvalue weighted by molar-refractivity contribution is 0.747. The van der Waals surface area contributed by atoms with E-state index < -0.39 is 0 Å². The molecule has 0 amide bonds. The van der Waals surface area contributed by atoms with Crippen LogP contribution < -0.4 is 5.56 Å². The van der Waals surface area contributed by atoms with Gasteiger partial charge in [-0.25, -0.2) is 19.4 Å². The van der Waals surface area contributed by atoms with Crippen LogP contribution in [0.4, 0.5) is 0 Å². The van der Waals surface area contributed by atoms with Gasteiger partial charge in [0.2, 0.25) is 5.78 Å². The highest BCUT2D eigenvalue weighted by Gasteiger charge is 2.15. The SMILES string of the molecule is Cc1ccnc(SCc2cc(=O)n3c4ccccc4nc3n2Cc2ccccc2)n1. The first-order chi connectivity index (χ1) is 14.7. The zero-order valence-corrected chi connectivity index (χ0v) is 17.2. The molecule has 148 valence electrons. The number of aromatic nitrogens is 5. The molecule has 0 saturated carbocycles. The predicted molar refractivity (Wildman–Crippen MR) is 119 cm³/mol. The normalized spacial score (nSPS) is 11.4. The molecule has 0 atom stereocenters. The van der Waals surface area contributed by atoms with Crippen molar-refractivity contribution in [3.05, 3.63) is 100 Å². The highest BCUT2D eigenvalue weighted by Crippen LogP contribution is 2.22. The molecule has 3 heterocycles. The molecule has 0 aliphatic heterocycles. The molecular formula is C23H19N5OS. The molecule has 6 nitrogen and oxygen atoms in total. The summed E-state index contributed by atoms with van der Waals surface area (Å²) >= 11 is 1.52. The van der Waals surface area contributed by atoms with Gasteiger partial charge in [-0.05, 0) is 30.7 Å². The molecule has 0 saturated heterocycles. The molecule has 7 heteroatoms. The number of imidazole rings is 1. The maximum Gasteiger partial charge on any atom is 0.259 e. The lowest BCUT2D eigenvalue weighted by Crippen LogP contribution is -2.21. The van der Waals surface area contributed by atoms with Crippen LogP contribution in [0.2, 0.25) is 0 Å². The van der Waals surface area contributed by atoms with E-state index in [0.29, 0.717) is 23.2 Å². The Labute approximate surface area is 177 Å². The predicted octanol–water partition coefficient (Wildman–Crippen LogP) is 4.09. The molecule has 5 rings (SSSR count). The molecule has 0 unspecified atom stereocenters. The summed E-state index contributed by atoms with van der Waals surface area (Å²) in [4.78, 5) is 26.6. The second-order valence-electron chi connectivity index (χ2n) is 7.05. The maximum absolute atomic E-state index is 13.0. The summed E-state index contributed by atoms with van der Waals surface area (Å²) in [7, 11) is 0. The quantitative estimate of drug-likeness (QED) is 0.321. The third-order valence-electron chi connectivity index (χ3n) is 4.95. The van der Waals surface area contributed by atoms with Gasteiger partial charge in [-0.15, -0.1) is 0 Å². The number of rotatable bonds is 5. The number of thioether (sulfide) groups is 1. The van der Waals surface area contributed by atoms with E-state index in [1.54, 1.807) is 16.7 Å². The summed E-state index contributed by atoms with van der Waals surface area (Å²) in [5.41, 5.74) is 4.51. The Bertz CT molecular complexity index is 1410. The van der Waals surface area contributed by atoms with Crippen LogP contribution in [0.3, 0.4) is 0 Å². The fourth-order valence-corrected chi connectivity index (χ4v) is 4.38. The highest BCUT2D eigenvalue weighted by atomic mass is 32.2. The van der Waals surface area contributed by atoms with Gasteiger partial charge in [-0.2, -0.15) is 0 Å². The van der Waals surface area contributed by atoms with Gasteiger partial charge in [0.25, 0.3) is 5.56 Å². The molecule has 30 heavy (non-hydrogen) atoms. The van der Waals surface area contributed by atoms with Crippen molar-refractivity contribution in [1.82, 2.24) is 23.9 Å². The summed E-state index contributed by atoms with van der Waals surface area (Å²) in [6.45, 7) is 2.57. The summed E-state index contributed by atoms with van der Waals surface area (Å²) in [5.74, 6) is 1.22. The summed E-state index contributed by atoms with van der Waals surface area (Å²) < 4.78 is 3.80. The van der Waals surface area contributed by atoms with Gasteiger partial charge in [0.1, 0.15) is 0 Å². The van der Waals surface area contributed by atoms with Crippen molar-refractivity contribution in [1.29, 1.82) is 0 Å². The van der Waals surface area contributed by atoms with Crippen molar-refractivity contribution >= 4 is 28.6 Å². The second-order valence-corrected chi connectivity index (χ2v) is 7.99. The third-order valence-corrected chi connectivity index (χ3v) is 5.84. The van der Waals surface area contributed by atoms with Crippen molar-refractivity contribution in [3.63, 3.8) is 0 Å². The molecule has 3 aromatic heterocycles. The molecule has 5 aromatic rings. The van der Waals surface area contributed by atoms with Gasteiger partial charge in [-0.3, -0.25) is 4.79 Å². The van der Waals surface area contributed by atoms with Gasteiger partial charge in [0, 0.05) is 29.4 Å². The van der Waals surface area contributed by atoms with Gasteiger partial charge < -0.3 is 4.57 Å². The van der Waals surface area contributed by atoms with Crippen LogP contribution in [0, 0.1) is 6.92 Å². The summed E-state index contributed by atoms with van der Waals surface area (Å²) in [6.07, 6.45) is 1.76. The van der Waals surface area contributed by atoms with Gasteiger partial charge in [-0.1, -0.05) is 54.2 Å². The second kappa shape index (κ2) is 7.76. The summed E-state index contributed by atoms with van der Waals surface area (Å²) in [5, 5.41) is 0.696. The van der Waals surface area contributed by atoms with Crippen LogP contribution in [0.25, 0.3) is 16.8 Å². The fourth-order valence-electron chi connectivity index (χ4n) is 3.52. The minimum absolute atomic E-state index is 0.0798. The zero-order chi connectivity index (χ0) is 20.5. The Morgan fingerprint density at radius 2 is 1.77 bits per heavy atom. The van der Waals surface area contributed by atoms with Crippen molar-refractivity contribution < 1.29 is 0 Å². The van der Waals surface area contributed by atoms with Crippen molar-refractivity contribution in [2.75, 3.05) is 0 Å². The molecule has 0 fully saturated rings. The Kier molecular flexibility index (Phi) is 4.80. The number of benzene rings is 2. The lowest BCUT2D eigenvalue weighted by atomic mass is 10.2. The standard InChI is InChI=1S/C23H19N5OS/c1-16-11-12-24-22(25-16)30-15-18-13-21(29)28-20-10-6-5-9-19(20)26-23(28)27(18)14-17-7-3-2-4-8-17/h2-13H,14-15H2,1H3. The van der Waals surface area contributed by atoms with Gasteiger partial charge in [0.15, 0.2) is 5.16 Å². The number of hydrogen-bond acceptors (Lipinski definition) is 5. The van der Waals surface area contributed by atoms with E-state index in [1.807, 2.05) is 55.5 Å². The van der Waals surface area contributed by atoms with E-state index in [-0.39, 0.29) is 5.56 Å². The average Bonchev–Trinajstić information content (AvgIpc) is 3.15. The van der Waals surface area contributed by atoms with E-state index in [1.165, 1.54) is 11.8 Å². The zero-order valence-electron chi connectivity index (χ0n) is 16.4.